The molecule has 4 rings (SSSR count). The Hall–Kier alpha value is -3.23. The molecule has 0 saturated carbocycles. The van der Waals surface area contributed by atoms with Crippen molar-refractivity contribution in [2.24, 2.45) is 5.10 Å². The van der Waals surface area contributed by atoms with E-state index in [2.05, 4.69) is 20.7 Å². The number of benzene rings is 2. The predicted molar refractivity (Wildman–Crippen MR) is 122 cm³/mol. The highest BCUT2D eigenvalue weighted by Crippen LogP contribution is 2.27. The zero-order valence-corrected chi connectivity index (χ0v) is 17.9. The summed E-state index contributed by atoms with van der Waals surface area (Å²) in [5.74, 6) is 0.720. The minimum absolute atomic E-state index is 0.182. The van der Waals surface area contributed by atoms with Crippen LogP contribution in [0.3, 0.4) is 0 Å². The first-order valence-electron chi connectivity index (χ1n) is 9.28. The van der Waals surface area contributed by atoms with Crippen molar-refractivity contribution in [3.63, 3.8) is 0 Å². The van der Waals surface area contributed by atoms with E-state index in [0.717, 1.165) is 27.7 Å². The summed E-state index contributed by atoms with van der Waals surface area (Å²) in [6.07, 6.45) is 0. The van der Waals surface area contributed by atoms with Crippen LogP contribution in [0.1, 0.15) is 11.8 Å². The SMILES string of the molecule is CC(=NNC(=O)CSc1nnc(-c2ccccc2)n1-c1ccccc1)c1cccs1. The molecule has 6 nitrogen and oxygen atoms in total. The van der Waals surface area contributed by atoms with Crippen molar-refractivity contribution in [2.75, 3.05) is 5.75 Å². The molecule has 30 heavy (non-hydrogen) atoms. The molecule has 1 N–H and O–H groups in total. The largest absolute Gasteiger partial charge is 0.272 e. The lowest BCUT2D eigenvalue weighted by Gasteiger charge is -2.10. The zero-order valence-electron chi connectivity index (χ0n) is 16.2. The number of aromatic nitrogens is 3. The molecule has 4 aromatic rings. The van der Waals surface area contributed by atoms with E-state index < -0.39 is 0 Å². The molecule has 150 valence electrons. The van der Waals surface area contributed by atoms with Crippen LogP contribution in [-0.4, -0.2) is 32.1 Å². The number of hydrogen-bond acceptors (Lipinski definition) is 6. The molecular formula is C22H19N5OS2. The zero-order chi connectivity index (χ0) is 20.8. The molecule has 2 aromatic heterocycles. The second kappa shape index (κ2) is 9.51. The minimum Gasteiger partial charge on any atom is -0.272 e. The Balaban J connectivity index is 1.52. The van der Waals surface area contributed by atoms with Gasteiger partial charge in [-0.25, -0.2) is 5.43 Å². The highest BCUT2D eigenvalue weighted by molar-refractivity contribution is 7.99. The van der Waals surface area contributed by atoms with E-state index in [1.54, 1.807) is 11.3 Å². The van der Waals surface area contributed by atoms with Gasteiger partial charge in [-0.2, -0.15) is 5.10 Å². The monoisotopic (exact) mass is 433 g/mol. The van der Waals surface area contributed by atoms with Gasteiger partial charge in [-0.05, 0) is 30.5 Å². The number of nitrogens with one attached hydrogen (secondary N) is 1. The summed E-state index contributed by atoms with van der Waals surface area (Å²) in [5, 5.41) is 15.5. The van der Waals surface area contributed by atoms with Gasteiger partial charge in [0.2, 0.25) is 0 Å². The number of rotatable bonds is 7. The Morgan fingerprint density at radius 2 is 1.77 bits per heavy atom. The molecule has 0 fully saturated rings. The van der Waals surface area contributed by atoms with Gasteiger partial charge < -0.3 is 0 Å². The van der Waals surface area contributed by atoms with Crippen molar-refractivity contribution >= 4 is 34.7 Å². The molecule has 0 unspecified atom stereocenters. The maximum atomic E-state index is 12.3. The quantitative estimate of drug-likeness (QED) is 0.262. The van der Waals surface area contributed by atoms with Crippen LogP contribution < -0.4 is 5.43 Å². The van der Waals surface area contributed by atoms with Crippen molar-refractivity contribution in [1.29, 1.82) is 0 Å². The van der Waals surface area contributed by atoms with Gasteiger partial charge in [0, 0.05) is 16.1 Å². The van der Waals surface area contributed by atoms with E-state index in [-0.39, 0.29) is 11.7 Å². The maximum absolute atomic E-state index is 12.3. The number of para-hydroxylation sites is 1. The molecule has 0 saturated heterocycles. The summed E-state index contributed by atoms with van der Waals surface area (Å²) in [6.45, 7) is 1.87. The molecule has 2 aromatic carbocycles. The molecule has 0 aliphatic rings. The molecule has 2 heterocycles. The van der Waals surface area contributed by atoms with Gasteiger partial charge in [0.15, 0.2) is 11.0 Å². The van der Waals surface area contributed by atoms with Gasteiger partial charge in [0.1, 0.15) is 0 Å². The van der Waals surface area contributed by atoms with Crippen LogP contribution in [0.15, 0.2) is 88.4 Å². The Morgan fingerprint density at radius 3 is 2.47 bits per heavy atom. The lowest BCUT2D eigenvalue weighted by molar-refractivity contribution is -0.118. The van der Waals surface area contributed by atoms with Gasteiger partial charge in [-0.3, -0.25) is 9.36 Å². The Morgan fingerprint density at radius 1 is 1.03 bits per heavy atom. The van der Waals surface area contributed by atoms with Gasteiger partial charge >= 0.3 is 0 Å². The minimum atomic E-state index is -0.195. The first-order chi connectivity index (χ1) is 14.7. The molecule has 0 atom stereocenters. The lowest BCUT2D eigenvalue weighted by atomic mass is 10.2. The standard InChI is InChI=1S/C22H19N5OS2/c1-16(19-13-8-14-29-19)23-24-20(28)15-30-22-26-25-21(17-9-4-2-5-10-17)27(22)18-11-6-3-7-12-18/h2-14H,15H2,1H3,(H,24,28). The number of carbonyl (C=O) groups excluding carboxylic acids is 1. The molecule has 0 radical (unpaired) electrons. The highest BCUT2D eigenvalue weighted by Gasteiger charge is 2.17. The third-order valence-corrected chi connectivity index (χ3v) is 6.15. The third kappa shape index (κ3) is 4.67. The maximum Gasteiger partial charge on any atom is 0.250 e. The number of thiophene rings is 1. The number of carbonyl (C=O) groups is 1. The molecule has 0 spiro atoms. The summed E-state index contributed by atoms with van der Waals surface area (Å²) in [5.41, 5.74) is 5.30. The van der Waals surface area contributed by atoms with Crippen molar-refractivity contribution < 1.29 is 4.79 Å². The van der Waals surface area contributed by atoms with Gasteiger partial charge in [-0.15, -0.1) is 21.5 Å². The Kier molecular flexibility index (Phi) is 6.36. The summed E-state index contributed by atoms with van der Waals surface area (Å²) in [7, 11) is 0. The van der Waals surface area contributed by atoms with Crippen molar-refractivity contribution in [3.8, 4) is 17.1 Å². The summed E-state index contributed by atoms with van der Waals surface area (Å²) < 4.78 is 1.97. The first-order valence-corrected chi connectivity index (χ1v) is 11.1. The predicted octanol–water partition coefficient (Wildman–Crippen LogP) is 4.63. The average Bonchev–Trinajstić information content (AvgIpc) is 3.47. The van der Waals surface area contributed by atoms with E-state index in [1.807, 2.05) is 89.7 Å². The highest BCUT2D eigenvalue weighted by atomic mass is 32.2. The fourth-order valence-electron chi connectivity index (χ4n) is 2.80. The second-order valence-electron chi connectivity index (χ2n) is 6.34. The molecule has 0 aliphatic heterocycles. The summed E-state index contributed by atoms with van der Waals surface area (Å²) >= 11 is 2.91. The number of amides is 1. The van der Waals surface area contributed by atoms with Crippen molar-refractivity contribution in [2.45, 2.75) is 12.1 Å². The van der Waals surface area contributed by atoms with E-state index in [9.17, 15) is 4.79 Å². The fourth-order valence-corrected chi connectivity index (χ4v) is 4.22. The average molecular weight is 434 g/mol. The molecule has 0 bridgehead atoms. The van der Waals surface area contributed by atoms with Crippen LogP contribution in [0.5, 0.6) is 0 Å². The summed E-state index contributed by atoms with van der Waals surface area (Å²) in [4.78, 5) is 13.3. The van der Waals surface area contributed by atoms with Crippen LogP contribution >= 0.6 is 23.1 Å². The van der Waals surface area contributed by atoms with Crippen molar-refractivity contribution in [3.05, 3.63) is 83.1 Å². The molecule has 1 amide bonds. The number of hydrogen-bond donors (Lipinski definition) is 1. The topological polar surface area (TPSA) is 72.2 Å². The molecular weight excluding hydrogens is 414 g/mol. The van der Waals surface area contributed by atoms with E-state index in [4.69, 9.17) is 0 Å². The number of thioether (sulfide) groups is 1. The third-order valence-electron chi connectivity index (χ3n) is 4.24. The normalized spacial score (nSPS) is 11.4. The van der Waals surface area contributed by atoms with Gasteiger partial charge in [-0.1, -0.05) is 66.4 Å². The Labute approximate surface area is 182 Å². The van der Waals surface area contributed by atoms with E-state index in [1.165, 1.54) is 11.8 Å². The fraction of sp³-hybridized carbons (Fsp3) is 0.0909. The van der Waals surface area contributed by atoms with Gasteiger partial charge in [0.25, 0.3) is 5.91 Å². The first kappa shape index (κ1) is 20.1. The Bertz CT molecular complexity index is 1140. The van der Waals surface area contributed by atoms with Crippen LogP contribution in [0.25, 0.3) is 17.1 Å². The van der Waals surface area contributed by atoms with Gasteiger partial charge in [0.05, 0.1) is 11.5 Å². The number of nitrogens with zero attached hydrogens (tertiary/aromatic N) is 4. The second-order valence-corrected chi connectivity index (χ2v) is 8.23. The van der Waals surface area contributed by atoms with E-state index >= 15 is 0 Å². The smallest absolute Gasteiger partial charge is 0.250 e. The van der Waals surface area contributed by atoms with Crippen LogP contribution in [0.2, 0.25) is 0 Å². The van der Waals surface area contributed by atoms with Crippen LogP contribution in [0.4, 0.5) is 0 Å². The number of hydrazone groups is 1. The summed E-state index contributed by atoms with van der Waals surface area (Å²) in [6, 6.07) is 23.7. The van der Waals surface area contributed by atoms with Crippen molar-refractivity contribution in [1.82, 2.24) is 20.2 Å². The van der Waals surface area contributed by atoms with E-state index in [0.29, 0.717) is 5.16 Å². The van der Waals surface area contributed by atoms with Crippen LogP contribution in [0, 0.1) is 0 Å². The molecule has 0 aliphatic carbocycles. The molecule has 8 heteroatoms. The van der Waals surface area contributed by atoms with Crippen LogP contribution in [-0.2, 0) is 4.79 Å². The lowest BCUT2D eigenvalue weighted by Crippen LogP contribution is -2.21.